The van der Waals surface area contributed by atoms with E-state index in [0.717, 1.165) is 6.08 Å². The fourth-order valence-corrected chi connectivity index (χ4v) is 3.56. The van der Waals surface area contributed by atoms with Crippen LogP contribution >= 0.6 is 0 Å². The van der Waals surface area contributed by atoms with Crippen molar-refractivity contribution in [2.24, 2.45) is 11.8 Å². The Balaban J connectivity index is 1.59. The highest BCUT2D eigenvalue weighted by atomic mass is 19.3. The van der Waals surface area contributed by atoms with E-state index in [1.165, 1.54) is 6.08 Å². The van der Waals surface area contributed by atoms with Crippen LogP contribution < -0.4 is 4.74 Å². The average Bonchev–Trinajstić information content (AvgIpc) is 3.09. The van der Waals surface area contributed by atoms with E-state index in [1.807, 2.05) is 0 Å². The van der Waals surface area contributed by atoms with Crippen molar-refractivity contribution in [2.75, 3.05) is 13.2 Å². The van der Waals surface area contributed by atoms with Crippen molar-refractivity contribution in [3.63, 3.8) is 0 Å². The SMILES string of the molecule is OCC1CC2[C@H](C[C@@H](O)[C@@H]2/C=C/C(F)(F)COc2ccccc2)O1. The largest absolute Gasteiger partial charge is 0.487 e. The first-order chi connectivity index (χ1) is 11.5. The van der Waals surface area contributed by atoms with Crippen LogP contribution in [0.5, 0.6) is 5.75 Å². The molecule has 0 spiro atoms. The first-order valence-electron chi connectivity index (χ1n) is 8.18. The molecule has 3 rings (SSSR count). The predicted molar refractivity (Wildman–Crippen MR) is 84.0 cm³/mol. The molecule has 1 aromatic carbocycles. The van der Waals surface area contributed by atoms with Gasteiger partial charge in [0.05, 0.1) is 24.9 Å². The van der Waals surface area contributed by atoms with Gasteiger partial charge in [-0.1, -0.05) is 24.3 Å². The Hall–Kier alpha value is -1.50. The fraction of sp³-hybridized carbons (Fsp3) is 0.556. The van der Waals surface area contributed by atoms with Gasteiger partial charge in [-0.2, -0.15) is 8.78 Å². The number of halogens is 2. The highest BCUT2D eigenvalue weighted by molar-refractivity contribution is 5.21. The number of para-hydroxylation sites is 1. The maximum Gasteiger partial charge on any atom is 0.299 e. The van der Waals surface area contributed by atoms with Crippen LogP contribution in [-0.4, -0.2) is 47.7 Å². The van der Waals surface area contributed by atoms with Gasteiger partial charge < -0.3 is 19.7 Å². The normalized spacial score (nSPS) is 33.1. The van der Waals surface area contributed by atoms with Crippen LogP contribution in [-0.2, 0) is 4.74 Å². The Labute approximate surface area is 139 Å². The summed E-state index contributed by atoms with van der Waals surface area (Å²) in [4.78, 5) is 0. The summed E-state index contributed by atoms with van der Waals surface area (Å²) in [5.74, 6) is -3.14. The minimum absolute atomic E-state index is 0.0285. The van der Waals surface area contributed by atoms with Crippen LogP contribution in [0.1, 0.15) is 12.8 Å². The molecular formula is C18H22F2O4. The Morgan fingerprint density at radius 2 is 2.00 bits per heavy atom. The van der Waals surface area contributed by atoms with Crippen molar-refractivity contribution >= 4 is 0 Å². The number of hydrogen-bond donors (Lipinski definition) is 2. The van der Waals surface area contributed by atoms with Crippen molar-refractivity contribution in [3.05, 3.63) is 42.5 Å². The van der Waals surface area contributed by atoms with Gasteiger partial charge in [0.2, 0.25) is 0 Å². The third-order valence-corrected chi connectivity index (χ3v) is 4.73. The Morgan fingerprint density at radius 3 is 2.71 bits per heavy atom. The molecule has 0 radical (unpaired) electrons. The van der Waals surface area contributed by atoms with E-state index in [9.17, 15) is 13.9 Å². The molecule has 24 heavy (non-hydrogen) atoms. The van der Waals surface area contributed by atoms with Crippen molar-refractivity contribution in [3.8, 4) is 5.75 Å². The van der Waals surface area contributed by atoms with Gasteiger partial charge in [-0.3, -0.25) is 0 Å². The number of ether oxygens (including phenoxy) is 2. The van der Waals surface area contributed by atoms with Crippen LogP contribution in [0.3, 0.4) is 0 Å². The highest BCUT2D eigenvalue weighted by Crippen LogP contribution is 2.44. The van der Waals surface area contributed by atoms with E-state index in [4.69, 9.17) is 14.6 Å². The molecule has 6 heteroatoms. The molecule has 2 N–H and O–H groups in total. The van der Waals surface area contributed by atoms with E-state index in [2.05, 4.69) is 0 Å². The number of fused-ring (bicyclic) bond motifs is 1. The van der Waals surface area contributed by atoms with Crippen LogP contribution in [0.25, 0.3) is 0 Å². The standard InChI is InChI=1S/C18H22F2O4/c19-18(20,11-23-12-4-2-1-3-5-12)7-6-14-15-8-13(10-21)24-17(15)9-16(14)22/h1-7,13-17,21-22H,8-11H2/b7-6+/t13?,14-,15?,16-,17+/m1/s1. The summed E-state index contributed by atoms with van der Waals surface area (Å²) in [6.45, 7) is -0.833. The predicted octanol–water partition coefficient (Wildman–Crippen LogP) is 2.40. The second kappa shape index (κ2) is 7.17. The highest BCUT2D eigenvalue weighted by Gasteiger charge is 2.48. The number of aliphatic hydroxyl groups is 2. The lowest BCUT2D eigenvalue weighted by Gasteiger charge is -2.18. The van der Waals surface area contributed by atoms with E-state index in [1.54, 1.807) is 30.3 Å². The van der Waals surface area contributed by atoms with Gasteiger partial charge in [-0.15, -0.1) is 0 Å². The van der Waals surface area contributed by atoms with Gasteiger partial charge in [-0.25, -0.2) is 0 Å². The monoisotopic (exact) mass is 340 g/mol. The average molecular weight is 340 g/mol. The van der Waals surface area contributed by atoms with Gasteiger partial charge >= 0.3 is 0 Å². The molecule has 1 aliphatic heterocycles. The Bertz CT molecular complexity index is 563. The van der Waals surface area contributed by atoms with Crippen LogP contribution in [0, 0.1) is 11.8 Å². The van der Waals surface area contributed by atoms with Crippen LogP contribution in [0.2, 0.25) is 0 Å². The molecule has 4 nitrogen and oxygen atoms in total. The first kappa shape index (κ1) is 17.3. The number of alkyl halides is 2. The fourth-order valence-electron chi connectivity index (χ4n) is 3.56. The summed E-state index contributed by atoms with van der Waals surface area (Å²) in [5.41, 5.74) is 0. The summed E-state index contributed by atoms with van der Waals surface area (Å²) in [6.07, 6.45) is 2.08. The van der Waals surface area contributed by atoms with Crippen molar-refractivity contribution in [1.82, 2.24) is 0 Å². The molecule has 0 amide bonds. The molecule has 1 heterocycles. The molecule has 1 aliphatic carbocycles. The molecule has 0 bridgehead atoms. The second-order valence-electron chi connectivity index (χ2n) is 6.48. The zero-order chi connectivity index (χ0) is 17.2. The minimum atomic E-state index is -3.12. The second-order valence-corrected chi connectivity index (χ2v) is 6.48. The molecule has 2 unspecified atom stereocenters. The van der Waals surface area contributed by atoms with Gasteiger partial charge in [0.1, 0.15) is 5.75 Å². The Kier molecular flexibility index (Phi) is 5.18. The quantitative estimate of drug-likeness (QED) is 0.781. The van der Waals surface area contributed by atoms with E-state index >= 15 is 0 Å². The summed E-state index contributed by atoms with van der Waals surface area (Å²) >= 11 is 0. The number of hydrogen-bond acceptors (Lipinski definition) is 4. The smallest absolute Gasteiger partial charge is 0.299 e. The zero-order valence-corrected chi connectivity index (χ0v) is 13.2. The summed E-state index contributed by atoms with van der Waals surface area (Å²) in [6, 6.07) is 8.46. The number of aliphatic hydroxyl groups excluding tert-OH is 2. The first-order valence-corrected chi connectivity index (χ1v) is 8.18. The summed E-state index contributed by atoms with van der Waals surface area (Å²) < 4.78 is 38.8. The summed E-state index contributed by atoms with van der Waals surface area (Å²) in [7, 11) is 0. The molecule has 0 aromatic heterocycles. The van der Waals surface area contributed by atoms with Gasteiger partial charge in [0, 0.05) is 12.3 Å². The third kappa shape index (κ3) is 3.94. The van der Waals surface area contributed by atoms with E-state index < -0.39 is 18.6 Å². The molecular weight excluding hydrogens is 318 g/mol. The van der Waals surface area contributed by atoms with Crippen LogP contribution in [0.15, 0.2) is 42.5 Å². The molecule has 1 aromatic rings. The molecule has 2 fully saturated rings. The van der Waals surface area contributed by atoms with Crippen LogP contribution in [0.4, 0.5) is 8.78 Å². The molecule has 5 atom stereocenters. The van der Waals surface area contributed by atoms with E-state index in [0.29, 0.717) is 18.6 Å². The topological polar surface area (TPSA) is 58.9 Å². The van der Waals surface area contributed by atoms with Gasteiger partial charge in [0.25, 0.3) is 5.92 Å². The molecule has 1 saturated heterocycles. The lowest BCUT2D eigenvalue weighted by molar-refractivity contribution is 0.0000952. The maximum atomic E-state index is 14.0. The van der Waals surface area contributed by atoms with Gasteiger partial charge in [-0.05, 0) is 30.5 Å². The maximum absolute atomic E-state index is 14.0. The Morgan fingerprint density at radius 1 is 1.25 bits per heavy atom. The third-order valence-electron chi connectivity index (χ3n) is 4.73. The van der Waals surface area contributed by atoms with Gasteiger partial charge in [0.15, 0.2) is 6.61 Å². The van der Waals surface area contributed by atoms with Crippen molar-refractivity contribution < 1.29 is 28.5 Å². The zero-order valence-electron chi connectivity index (χ0n) is 13.2. The lowest BCUT2D eigenvalue weighted by Crippen LogP contribution is -2.25. The molecule has 2 aliphatic rings. The summed E-state index contributed by atoms with van der Waals surface area (Å²) in [5, 5.41) is 19.3. The van der Waals surface area contributed by atoms with Crippen molar-refractivity contribution in [2.45, 2.75) is 37.1 Å². The molecule has 1 saturated carbocycles. The minimum Gasteiger partial charge on any atom is -0.487 e. The van der Waals surface area contributed by atoms with Crippen molar-refractivity contribution in [1.29, 1.82) is 0 Å². The molecule has 132 valence electrons. The lowest BCUT2D eigenvalue weighted by atomic mass is 9.90. The number of rotatable bonds is 6. The van der Waals surface area contributed by atoms with E-state index in [-0.39, 0.29) is 30.7 Å². The number of benzene rings is 1.